The summed E-state index contributed by atoms with van der Waals surface area (Å²) in [5.41, 5.74) is 0.425. The Labute approximate surface area is 260 Å². The summed E-state index contributed by atoms with van der Waals surface area (Å²) in [4.78, 5) is 47.9. The summed E-state index contributed by atoms with van der Waals surface area (Å²) in [5, 5.41) is 0. The molecule has 0 bridgehead atoms. The van der Waals surface area contributed by atoms with Gasteiger partial charge in [-0.05, 0) is 29.8 Å². The van der Waals surface area contributed by atoms with Crippen molar-refractivity contribution in [3.8, 4) is 23.0 Å². The molecule has 2 aromatic rings. The molecular weight excluding hydrogens is 596 g/mol. The van der Waals surface area contributed by atoms with E-state index in [0.717, 1.165) is 0 Å². The summed E-state index contributed by atoms with van der Waals surface area (Å²) in [6.07, 6.45) is -6.66. The van der Waals surface area contributed by atoms with E-state index >= 15 is 0 Å². The van der Waals surface area contributed by atoms with Crippen LogP contribution in [0.2, 0.25) is 0 Å². The molecule has 0 aromatic heterocycles. The fraction of sp³-hybridized carbons (Fsp3) is 0.484. The molecule has 1 saturated heterocycles. The highest BCUT2D eigenvalue weighted by molar-refractivity contribution is 5.70. The van der Waals surface area contributed by atoms with Gasteiger partial charge < -0.3 is 47.4 Å². The minimum Gasteiger partial charge on any atom is -0.493 e. The molecule has 1 aliphatic rings. The van der Waals surface area contributed by atoms with E-state index in [4.69, 9.17) is 47.4 Å². The normalized spacial score (nSPS) is 20.6. The van der Waals surface area contributed by atoms with Crippen molar-refractivity contribution < 1.29 is 66.5 Å². The standard InChI is InChI=1S/C31H38O14/c1-17(32)39-15-26(44-23-11-9-8-10-22(23)36-5)28(21-12-13-24(41-18(2)33)25(14-21)37-6)45-27-16-40-31(38-7)30(43-20(4)35)29(27)42-19(3)34/h8-14,26-31H,15-16H2,1-7H3/t26-,27-,28-,29+,30-,31-/m1/s1. The van der Waals surface area contributed by atoms with Gasteiger partial charge in [-0.15, -0.1) is 0 Å². The second-order valence-electron chi connectivity index (χ2n) is 9.79. The molecule has 14 heteroatoms. The lowest BCUT2D eigenvalue weighted by molar-refractivity contribution is -0.286. The molecule has 14 nitrogen and oxygen atoms in total. The number of carbonyl (C=O) groups is 4. The van der Waals surface area contributed by atoms with E-state index in [0.29, 0.717) is 17.1 Å². The molecule has 0 unspecified atom stereocenters. The number of hydrogen-bond donors (Lipinski definition) is 0. The van der Waals surface area contributed by atoms with Gasteiger partial charge in [0.15, 0.2) is 47.6 Å². The fourth-order valence-corrected chi connectivity index (χ4v) is 4.64. The number of rotatable bonds is 14. The molecule has 3 rings (SSSR count). The van der Waals surface area contributed by atoms with E-state index < -0.39 is 60.7 Å². The highest BCUT2D eigenvalue weighted by atomic mass is 16.7. The first-order valence-corrected chi connectivity index (χ1v) is 13.9. The quantitative estimate of drug-likeness (QED) is 0.169. The van der Waals surface area contributed by atoms with Gasteiger partial charge >= 0.3 is 23.9 Å². The van der Waals surface area contributed by atoms with Crippen LogP contribution in [-0.4, -0.2) is 89.1 Å². The zero-order valence-electron chi connectivity index (χ0n) is 26.1. The predicted octanol–water partition coefficient (Wildman–Crippen LogP) is 2.93. The maximum atomic E-state index is 12.2. The van der Waals surface area contributed by atoms with Crippen molar-refractivity contribution in [1.29, 1.82) is 0 Å². The van der Waals surface area contributed by atoms with Crippen molar-refractivity contribution in [2.75, 3.05) is 34.5 Å². The third-order valence-electron chi connectivity index (χ3n) is 6.45. The van der Waals surface area contributed by atoms with Gasteiger partial charge in [-0.2, -0.15) is 0 Å². The van der Waals surface area contributed by atoms with Crippen LogP contribution in [-0.2, 0) is 47.6 Å². The molecule has 0 aliphatic carbocycles. The van der Waals surface area contributed by atoms with Gasteiger partial charge in [0.25, 0.3) is 0 Å². The summed E-state index contributed by atoms with van der Waals surface area (Å²) in [7, 11) is 4.22. The van der Waals surface area contributed by atoms with Crippen LogP contribution in [0.3, 0.4) is 0 Å². The number of esters is 4. The lowest BCUT2D eigenvalue weighted by Crippen LogP contribution is -2.58. The molecule has 1 heterocycles. The zero-order chi connectivity index (χ0) is 33.1. The third-order valence-corrected chi connectivity index (χ3v) is 6.45. The third kappa shape index (κ3) is 9.80. The second-order valence-corrected chi connectivity index (χ2v) is 9.79. The van der Waals surface area contributed by atoms with E-state index in [2.05, 4.69) is 0 Å². The minimum atomic E-state index is -1.20. The van der Waals surface area contributed by atoms with Crippen LogP contribution in [0.15, 0.2) is 42.5 Å². The first-order chi connectivity index (χ1) is 21.5. The maximum absolute atomic E-state index is 12.2. The number of methoxy groups -OCH3 is 3. The maximum Gasteiger partial charge on any atom is 0.308 e. The Balaban J connectivity index is 2.15. The van der Waals surface area contributed by atoms with E-state index in [1.54, 1.807) is 36.4 Å². The summed E-state index contributed by atoms with van der Waals surface area (Å²) in [6.45, 7) is 4.42. The first-order valence-electron chi connectivity index (χ1n) is 13.9. The van der Waals surface area contributed by atoms with E-state index in [1.807, 2.05) is 0 Å². The summed E-state index contributed by atoms with van der Waals surface area (Å²) < 4.78 is 56.7. The van der Waals surface area contributed by atoms with Crippen molar-refractivity contribution in [3.63, 3.8) is 0 Å². The Morgan fingerprint density at radius 2 is 1.42 bits per heavy atom. The van der Waals surface area contributed by atoms with Crippen LogP contribution in [0.4, 0.5) is 0 Å². The molecule has 6 atom stereocenters. The molecular formula is C31H38O14. The largest absolute Gasteiger partial charge is 0.493 e. The van der Waals surface area contributed by atoms with E-state index in [9.17, 15) is 19.2 Å². The molecule has 0 amide bonds. The highest BCUT2D eigenvalue weighted by Crippen LogP contribution is 2.38. The molecule has 2 aromatic carbocycles. The second kappa shape index (κ2) is 16.6. The van der Waals surface area contributed by atoms with E-state index in [1.165, 1.54) is 55.1 Å². The summed E-state index contributed by atoms with van der Waals surface area (Å²) in [5.74, 6) is -1.45. The highest BCUT2D eigenvalue weighted by Gasteiger charge is 2.48. The van der Waals surface area contributed by atoms with Gasteiger partial charge in [-0.1, -0.05) is 18.2 Å². The van der Waals surface area contributed by atoms with Gasteiger partial charge in [0, 0.05) is 34.8 Å². The Morgan fingerprint density at radius 1 is 0.778 bits per heavy atom. The summed E-state index contributed by atoms with van der Waals surface area (Å²) >= 11 is 0. The zero-order valence-corrected chi connectivity index (χ0v) is 26.1. The molecule has 0 spiro atoms. The lowest BCUT2D eigenvalue weighted by Gasteiger charge is -2.42. The monoisotopic (exact) mass is 634 g/mol. The van der Waals surface area contributed by atoms with Crippen LogP contribution in [0.25, 0.3) is 0 Å². The lowest BCUT2D eigenvalue weighted by atomic mass is 10.0. The molecule has 0 N–H and O–H groups in total. The van der Waals surface area contributed by atoms with Gasteiger partial charge in [-0.3, -0.25) is 19.2 Å². The fourth-order valence-electron chi connectivity index (χ4n) is 4.64. The number of para-hydroxylation sites is 2. The first kappa shape index (κ1) is 35.1. The van der Waals surface area contributed by atoms with Crippen LogP contribution in [0.1, 0.15) is 39.4 Å². The van der Waals surface area contributed by atoms with Gasteiger partial charge in [0.2, 0.25) is 0 Å². The van der Waals surface area contributed by atoms with Crippen molar-refractivity contribution in [3.05, 3.63) is 48.0 Å². The SMILES string of the molecule is COc1cc([C@@H](O[C@@H]2CO[C@@H](OC)[C@H](OC(C)=O)[C@H]2OC(C)=O)[C@@H](COC(C)=O)Oc2ccccc2OC)ccc1OC(C)=O. The minimum absolute atomic E-state index is 0.145. The van der Waals surface area contributed by atoms with Gasteiger partial charge in [0.1, 0.15) is 18.8 Å². The number of ether oxygens (including phenoxy) is 10. The molecule has 1 fully saturated rings. The van der Waals surface area contributed by atoms with Crippen molar-refractivity contribution in [1.82, 2.24) is 0 Å². The summed E-state index contributed by atoms with van der Waals surface area (Å²) in [6, 6.07) is 11.5. The topological polar surface area (TPSA) is 161 Å². The van der Waals surface area contributed by atoms with Crippen molar-refractivity contribution in [2.24, 2.45) is 0 Å². The Morgan fingerprint density at radius 3 is 2.00 bits per heavy atom. The Bertz CT molecular complexity index is 1330. The van der Waals surface area contributed by atoms with Gasteiger partial charge in [0.05, 0.1) is 20.8 Å². The van der Waals surface area contributed by atoms with Crippen LogP contribution in [0, 0.1) is 0 Å². The predicted molar refractivity (Wildman–Crippen MR) is 154 cm³/mol. The molecule has 1 aliphatic heterocycles. The molecule has 45 heavy (non-hydrogen) atoms. The van der Waals surface area contributed by atoms with Crippen LogP contribution >= 0.6 is 0 Å². The van der Waals surface area contributed by atoms with E-state index in [-0.39, 0.29) is 24.7 Å². The Kier molecular flexibility index (Phi) is 12.9. The molecule has 0 radical (unpaired) electrons. The van der Waals surface area contributed by atoms with Crippen molar-refractivity contribution >= 4 is 23.9 Å². The molecule has 246 valence electrons. The Hall–Kier alpha value is -4.40. The number of benzene rings is 2. The number of carbonyl (C=O) groups excluding carboxylic acids is 4. The van der Waals surface area contributed by atoms with Crippen LogP contribution < -0.4 is 18.9 Å². The molecule has 0 saturated carbocycles. The smallest absolute Gasteiger partial charge is 0.308 e. The van der Waals surface area contributed by atoms with Crippen molar-refractivity contribution in [2.45, 2.75) is 64.5 Å². The average Bonchev–Trinajstić information content (AvgIpc) is 2.99. The number of hydrogen-bond acceptors (Lipinski definition) is 14. The average molecular weight is 635 g/mol. The van der Waals surface area contributed by atoms with Gasteiger partial charge in [-0.25, -0.2) is 0 Å². The van der Waals surface area contributed by atoms with Crippen LogP contribution in [0.5, 0.6) is 23.0 Å².